The second-order valence-corrected chi connectivity index (χ2v) is 12.1. The molecule has 43 heavy (non-hydrogen) atoms. The number of cyclic esters (lactones) is 1. The molecule has 13 heteroatoms. The fourth-order valence-electron chi connectivity index (χ4n) is 4.32. The molecular weight excluding hydrogens is 582 g/mol. The molecule has 0 aliphatic carbocycles. The normalized spacial score (nSPS) is 26.3. The molecule has 1 amide bonds. The Morgan fingerprint density at radius 2 is 1.88 bits per heavy atom. The Bertz CT molecular complexity index is 1240. The lowest BCUT2D eigenvalue weighted by atomic mass is 9.99. The lowest BCUT2D eigenvalue weighted by Crippen LogP contribution is -2.39. The van der Waals surface area contributed by atoms with Gasteiger partial charge in [-0.25, -0.2) is 9.59 Å². The number of esters is 1. The molecule has 0 aromatic heterocycles. The van der Waals surface area contributed by atoms with E-state index in [-0.39, 0.29) is 40.7 Å². The zero-order valence-electron chi connectivity index (χ0n) is 25.4. The van der Waals surface area contributed by atoms with Gasteiger partial charge in [-0.2, -0.15) is 5.06 Å². The number of rotatable bonds is 6. The maximum Gasteiger partial charge on any atom is 0.439 e. The summed E-state index contributed by atoms with van der Waals surface area (Å²) in [4.78, 5) is 45.2. The number of benzene rings is 1. The first kappa shape index (κ1) is 34.5. The van der Waals surface area contributed by atoms with E-state index in [4.69, 9.17) is 28.0 Å². The minimum absolute atomic E-state index is 0.0196. The van der Waals surface area contributed by atoms with Crippen LogP contribution < -0.4 is 9.25 Å². The van der Waals surface area contributed by atoms with Gasteiger partial charge in [0.2, 0.25) is 0 Å². The first-order valence-corrected chi connectivity index (χ1v) is 14.3. The molecule has 1 unspecified atom stereocenters. The van der Waals surface area contributed by atoms with Crippen molar-refractivity contribution in [3.8, 4) is 5.75 Å². The molecular formula is C30H41NO11S. The van der Waals surface area contributed by atoms with E-state index in [9.17, 15) is 24.6 Å². The van der Waals surface area contributed by atoms with E-state index < -0.39 is 61.1 Å². The molecule has 2 heterocycles. The van der Waals surface area contributed by atoms with Crippen LogP contribution >= 0.6 is 12.9 Å². The van der Waals surface area contributed by atoms with Gasteiger partial charge in [0.15, 0.2) is 17.3 Å². The summed E-state index contributed by atoms with van der Waals surface area (Å²) >= 11 is 3.95. The van der Waals surface area contributed by atoms with Crippen molar-refractivity contribution in [1.82, 2.24) is 0 Å². The molecule has 1 fully saturated rings. The largest absolute Gasteiger partial charge is 0.458 e. The summed E-state index contributed by atoms with van der Waals surface area (Å²) in [6, 6.07) is 2.80. The lowest BCUT2D eigenvalue weighted by Gasteiger charge is -2.28. The third-order valence-electron chi connectivity index (χ3n) is 6.55. The molecule has 2 aliphatic heterocycles. The molecule has 2 aliphatic rings. The molecule has 5 atom stereocenters. The standard InChI is InChI=1S/C30H41NO11S/c1-17-11-12-22(34)26-23(39-30(6,7)40-26)10-8-9-19-13-20(14-24(42-43)25(19)27(35)38-18(17)2)31(37-16-21(33)15-32)28(36)41-29(3,4)5/h8-9,11-14,17-18,21,23,26,32-33,43H,10,15-16H2,1-7H3/b9-8+,12-11-/t17-,18+,21?,23+,26-/m1/s1. The van der Waals surface area contributed by atoms with Crippen LogP contribution in [0, 0.1) is 5.92 Å². The summed E-state index contributed by atoms with van der Waals surface area (Å²) in [6.45, 7) is 10.9. The lowest BCUT2D eigenvalue weighted by molar-refractivity contribution is -0.152. The SMILES string of the molecule is C[C@@H]1/C=C\C(=O)[C@H]2OC(C)(C)O[C@H]2C/C=C/c2cc(N(OCC(O)CO)C(=O)OC(C)(C)C)cc(OS)c2C(=O)O[C@H]1C. The van der Waals surface area contributed by atoms with Crippen molar-refractivity contribution >= 4 is 42.5 Å². The zero-order valence-corrected chi connectivity index (χ0v) is 26.3. The van der Waals surface area contributed by atoms with Gasteiger partial charge >= 0.3 is 12.1 Å². The smallest absolute Gasteiger partial charge is 0.439 e. The number of aliphatic hydroxyl groups is 2. The summed E-state index contributed by atoms with van der Waals surface area (Å²) < 4.78 is 28.4. The van der Waals surface area contributed by atoms with Gasteiger partial charge in [-0.1, -0.05) is 25.2 Å². The van der Waals surface area contributed by atoms with Gasteiger partial charge < -0.3 is 33.3 Å². The van der Waals surface area contributed by atoms with E-state index in [0.29, 0.717) is 0 Å². The van der Waals surface area contributed by atoms with Crippen LogP contribution in [0.3, 0.4) is 0 Å². The molecule has 12 nitrogen and oxygen atoms in total. The molecule has 0 spiro atoms. The third-order valence-corrected chi connectivity index (χ3v) is 6.74. The minimum Gasteiger partial charge on any atom is -0.458 e. The van der Waals surface area contributed by atoms with Crippen molar-refractivity contribution in [3.05, 3.63) is 41.5 Å². The predicted molar refractivity (Wildman–Crippen MR) is 159 cm³/mol. The maximum absolute atomic E-state index is 13.5. The van der Waals surface area contributed by atoms with Crippen molar-refractivity contribution < 1.29 is 52.6 Å². The summed E-state index contributed by atoms with van der Waals surface area (Å²) in [7, 11) is 0. The molecule has 3 rings (SSSR count). The van der Waals surface area contributed by atoms with Gasteiger partial charge in [-0.3, -0.25) is 9.63 Å². The van der Waals surface area contributed by atoms with Crippen LogP contribution in [0.15, 0.2) is 30.4 Å². The summed E-state index contributed by atoms with van der Waals surface area (Å²) in [5, 5.41) is 19.9. The number of carbonyl (C=O) groups is 3. The minimum atomic E-state index is -1.29. The van der Waals surface area contributed by atoms with Crippen molar-refractivity contribution in [2.45, 2.75) is 90.7 Å². The Balaban J connectivity index is 2.14. The highest BCUT2D eigenvalue weighted by Gasteiger charge is 2.43. The average Bonchev–Trinajstić information content (AvgIpc) is 3.23. The number of hydrogen-bond donors (Lipinski definition) is 3. The maximum atomic E-state index is 13.5. The molecule has 1 saturated heterocycles. The highest BCUT2D eigenvalue weighted by atomic mass is 32.1. The first-order valence-electron chi connectivity index (χ1n) is 13.9. The van der Waals surface area contributed by atoms with Gasteiger partial charge in [0.25, 0.3) is 0 Å². The zero-order chi connectivity index (χ0) is 32.1. The van der Waals surface area contributed by atoms with Crippen LogP contribution in [0.5, 0.6) is 5.75 Å². The predicted octanol–water partition coefficient (Wildman–Crippen LogP) is 4.18. The number of amides is 1. The highest BCUT2D eigenvalue weighted by molar-refractivity contribution is 7.75. The molecule has 0 radical (unpaired) electrons. The first-order chi connectivity index (χ1) is 20.0. The Hall–Kier alpha value is -2.94. The van der Waals surface area contributed by atoms with Crippen LogP contribution in [0.4, 0.5) is 10.5 Å². The number of ether oxygens (including phenoxy) is 4. The molecule has 0 bridgehead atoms. The summed E-state index contributed by atoms with van der Waals surface area (Å²) in [6.07, 6.45) is 2.30. The number of thiol groups is 1. The number of carbonyl (C=O) groups excluding carboxylic acids is 3. The second-order valence-electron chi connectivity index (χ2n) is 11.9. The summed E-state index contributed by atoms with van der Waals surface area (Å²) in [5.41, 5.74) is -0.549. The van der Waals surface area contributed by atoms with E-state index in [2.05, 4.69) is 12.9 Å². The Morgan fingerprint density at radius 1 is 1.19 bits per heavy atom. The molecule has 1 aromatic rings. The fraction of sp³-hybridized carbons (Fsp3) is 0.567. The Kier molecular flexibility index (Phi) is 11.4. The quantitative estimate of drug-likeness (QED) is 0.181. The molecule has 1 aromatic carbocycles. The topological polar surface area (TPSA) is 150 Å². The Labute approximate surface area is 257 Å². The van der Waals surface area contributed by atoms with Crippen molar-refractivity contribution in [2.75, 3.05) is 18.3 Å². The molecule has 238 valence electrons. The van der Waals surface area contributed by atoms with Gasteiger partial charge in [-0.15, -0.1) is 0 Å². The number of nitrogens with zero attached hydrogens (tertiary/aromatic N) is 1. The highest BCUT2D eigenvalue weighted by Crippen LogP contribution is 2.35. The van der Waals surface area contributed by atoms with Crippen LogP contribution in [-0.4, -0.2) is 77.1 Å². The van der Waals surface area contributed by atoms with E-state index in [1.807, 2.05) is 0 Å². The number of hydroxylamine groups is 1. The van der Waals surface area contributed by atoms with Gasteiger partial charge in [0.1, 0.15) is 36.1 Å². The van der Waals surface area contributed by atoms with E-state index in [1.54, 1.807) is 66.7 Å². The van der Waals surface area contributed by atoms with Crippen LogP contribution in [-0.2, 0) is 28.6 Å². The van der Waals surface area contributed by atoms with Crippen LogP contribution in [0.2, 0.25) is 0 Å². The average molecular weight is 624 g/mol. The number of hydrogen-bond acceptors (Lipinski definition) is 12. The van der Waals surface area contributed by atoms with Crippen molar-refractivity contribution in [2.24, 2.45) is 5.92 Å². The van der Waals surface area contributed by atoms with E-state index in [0.717, 1.165) is 5.06 Å². The van der Waals surface area contributed by atoms with E-state index >= 15 is 0 Å². The van der Waals surface area contributed by atoms with E-state index in [1.165, 1.54) is 18.2 Å². The van der Waals surface area contributed by atoms with Crippen molar-refractivity contribution in [1.29, 1.82) is 0 Å². The fourth-order valence-corrected chi connectivity index (χ4v) is 4.47. The molecule has 0 saturated carbocycles. The van der Waals surface area contributed by atoms with Gasteiger partial charge in [-0.05, 0) is 65.7 Å². The van der Waals surface area contributed by atoms with Crippen molar-refractivity contribution in [3.63, 3.8) is 0 Å². The second kappa shape index (κ2) is 14.2. The van der Waals surface area contributed by atoms with Crippen LogP contribution in [0.25, 0.3) is 6.08 Å². The van der Waals surface area contributed by atoms with Gasteiger partial charge in [0.05, 0.1) is 18.4 Å². The number of fused-ring (bicyclic) bond motifs is 2. The summed E-state index contributed by atoms with van der Waals surface area (Å²) in [5.74, 6) is -2.37. The monoisotopic (exact) mass is 623 g/mol. The third kappa shape index (κ3) is 9.27. The molecule has 2 N–H and O–H groups in total. The number of ketones is 1. The van der Waals surface area contributed by atoms with Gasteiger partial charge in [0, 0.05) is 24.9 Å². The number of aliphatic hydroxyl groups excluding tert-OH is 2. The van der Waals surface area contributed by atoms with Crippen LogP contribution in [0.1, 0.15) is 70.8 Å². The number of anilines is 1. The Morgan fingerprint density at radius 3 is 2.51 bits per heavy atom.